The first-order valence-corrected chi connectivity index (χ1v) is 8.96. The van der Waals surface area contributed by atoms with Crippen LogP contribution in [0.3, 0.4) is 0 Å². The summed E-state index contributed by atoms with van der Waals surface area (Å²) in [5, 5.41) is 12.9. The third-order valence-electron chi connectivity index (χ3n) is 3.62. The summed E-state index contributed by atoms with van der Waals surface area (Å²) < 4.78 is 17.0. The van der Waals surface area contributed by atoms with Crippen molar-refractivity contribution < 1.29 is 14.1 Å². The van der Waals surface area contributed by atoms with E-state index in [1.165, 1.54) is 12.8 Å². The van der Waals surface area contributed by atoms with E-state index >= 15 is 0 Å². The highest BCUT2D eigenvalue weighted by Gasteiger charge is 2.20. The average molecular weight is 291 g/mol. The van der Waals surface area contributed by atoms with Crippen LogP contribution < -0.4 is 5.32 Å². The van der Waals surface area contributed by atoms with Crippen LogP contribution in [-0.4, -0.2) is 52.7 Å². The SMILES string of the molecule is CCS(=O)CCNCC(O)COC1CCCC(C)C1. The molecule has 0 aromatic carbocycles. The van der Waals surface area contributed by atoms with Crippen molar-refractivity contribution in [3.8, 4) is 0 Å². The van der Waals surface area contributed by atoms with E-state index in [0.717, 1.165) is 18.8 Å². The van der Waals surface area contributed by atoms with Crippen molar-refractivity contribution in [3.63, 3.8) is 0 Å². The Kier molecular flexibility index (Phi) is 8.86. The lowest BCUT2D eigenvalue weighted by molar-refractivity contribution is -0.0304. The van der Waals surface area contributed by atoms with E-state index in [2.05, 4.69) is 12.2 Å². The lowest BCUT2D eigenvalue weighted by Crippen LogP contribution is -2.34. The molecule has 0 aromatic rings. The molecular formula is C14H29NO3S. The second kappa shape index (κ2) is 9.86. The van der Waals surface area contributed by atoms with Gasteiger partial charge < -0.3 is 15.2 Å². The van der Waals surface area contributed by atoms with Crippen LogP contribution in [-0.2, 0) is 15.5 Å². The highest BCUT2D eigenvalue weighted by atomic mass is 32.2. The second-order valence-corrected chi connectivity index (χ2v) is 7.38. The summed E-state index contributed by atoms with van der Waals surface area (Å²) in [5.41, 5.74) is 0. The normalized spacial score (nSPS) is 27.1. The van der Waals surface area contributed by atoms with Gasteiger partial charge in [0.15, 0.2) is 0 Å². The molecule has 0 radical (unpaired) electrons. The third-order valence-corrected chi connectivity index (χ3v) is 4.92. The number of nitrogens with one attached hydrogen (secondary N) is 1. The van der Waals surface area contributed by atoms with Crippen molar-refractivity contribution in [1.82, 2.24) is 5.32 Å². The first kappa shape index (κ1) is 17.1. The standard InChI is InChI=1S/C14H29NO3S/c1-3-19(17)8-7-15-10-13(16)11-18-14-6-4-5-12(2)9-14/h12-16H,3-11H2,1-2H3. The van der Waals surface area contributed by atoms with Crippen LogP contribution in [0, 0.1) is 5.92 Å². The number of hydrogen-bond acceptors (Lipinski definition) is 4. The Morgan fingerprint density at radius 1 is 1.47 bits per heavy atom. The van der Waals surface area contributed by atoms with Gasteiger partial charge in [-0.15, -0.1) is 0 Å². The van der Waals surface area contributed by atoms with Gasteiger partial charge in [0.1, 0.15) is 0 Å². The summed E-state index contributed by atoms with van der Waals surface area (Å²) in [6.07, 6.45) is 4.65. The lowest BCUT2D eigenvalue weighted by Gasteiger charge is -2.27. The van der Waals surface area contributed by atoms with Crippen LogP contribution in [0.25, 0.3) is 0 Å². The topological polar surface area (TPSA) is 58.6 Å². The maximum atomic E-state index is 11.2. The van der Waals surface area contributed by atoms with Crippen molar-refractivity contribution in [2.24, 2.45) is 5.92 Å². The number of ether oxygens (including phenoxy) is 1. The molecule has 5 heteroatoms. The third kappa shape index (κ3) is 8.02. The quantitative estimate of drug-likeness (QED) is 0.629. The zero-order valence-corrected chi connectivity index (χ0v) is 13.1. The molecule has 1 aliphatic rings. The molecule has 4 nitrogen and oxygen atoms in total. The van der Waals surface area contributed by atoms with Crippen LogP contribution >= 0.6 is 0 Å². The number of rotatable bonds is 9. The summed E-state index contributed by atoms with van der Waals surface area (Å²) in [5.74, 6) is 2.11. The molecule has 0 saturated heterocycles. The molecule has 1 aliphatic carbocycles. The largest absolute Gasteiger partial charge is 0.389 e. The molecule has 0 bridgehead atoms. The van der Waals surface area contributed by atoms with Crippen LogP contribution in [0.4, 0.5) is 0 Å². The van der Waals surface area contributed by atoms with Gasteiger partial charge in [-0.3, -0.25) is 4.21 Å². The fourth-order valence-electron chi connectivity index (χ4n) is 2.43. The van der Waals surface area contributed by atoms with E-state index in [1.54, 1.807) is 0 Å². The molecule has 0 heterocycles. The van der Waals surface area contributed by atoms with E-state index < -0.39 is 16.9 Å². The fraction of sp³-hybridized carbons (Fsp3) is 1.00. The van der Waals surface area contributed by atoms with Gasteiger partial charge in [0.2, 0.25) is 0 Å². The molecule has 2 N–H and O–H groups in total. The smallest absolute Gasteiger partial charge is 0.0897 e. The van der Waals surface area contributed by atoms with E-state index in [0.29, 0.717) is 37.3 Å². The minimum absolute atomic E-state index is 0.325. The average Bonchev–Trinajstić information content (AvgIpc) is 2.41. The molecular weight excluding hydrogens is 262 g/mol. The first-order valence-electron chi connectivity index (χ1n) is 7.47. The molecule has 1 rings (SSSR count). The number of aliphatic hydroxyl groups is 1. The maximum absolute atomic E-state index is 11.2. The molecule has 1 saturated carbocycles. The van der Waals surface area contributed by atoms with Crippen LogP contribution in [0.5, 0.6) is 0 Å². The minimum atomic E-state index is -0.729. The number of hydrogen-bond donors (Lipinski definition) is 2. The predicted octanol–water partition coefficient (Wildman–Crippen LogP) is 1.30. The zero-order valence-electron chi connectivity index (χ0n) is 12.3. The van der Waals surface area contributed by atoms with Gasteiger partial charge in [0, 0.05) is 35.4 Å². The van der Waals surface area contributed by atoms with Crippen molar-refractivity contribution in [1.29, 1.82) is 0 Å². The molecule has 0 amide bonds. The van der Waals surface area contributed by atoms with Gasteiger partial charge >= 0.3 is 0 Å². The zero-order chi connectivity index (χ0) is 14.1. The molecule has 19 heavy (non-hydrogen) atoms. The molecule has 4 atom stereocenters. The molecule has 0 spiro atoms. The Morgan fingerprint density at radius 3 is 2.95 bits per heavy atom. The molecule has 4 unspecified atom stereocenters. The minimum Gasteiger partial charge on any atom is -0.389 e. The van der Waals surface area contributed by atoms with E-state index in [-0.39, 0.29) is 0 Å². The first-order chi connectivity index (χ1) is 9.11. The predicted molar refractivity (Wildman–Crippen MR) is 79.8 cm³/mol. The Morgan fingerprint density at radius 2 is 2.26 bits per heavy atom. The van der Waals surface area contributed by atoms with Gasteiger partial charge in [0.05, 0.1) is 18.8 Å². The van der Waals surface area contributed by atoms with Gasteiger partial charge in [-0.25, -0.2) is 0 Å². The summed E-state index contributed by atoms with van der Waals surface area (Å²) >= 11 is 0. The lowest BCUT2D eigenvalue weighted by atomic mass is 9.89. The van der Waals surface area contributed by atoms with Crippen molar-refractivity contribution in [3.05, 3.63) is 0 Å². The molecule has 114 valence electrons. The fourth-order valence-corrected chi connectivity index (χ4v) is 3.10. The summed E-state index contributed by atoms with van der Waals surface area (Å²) in [4.78, 5) is 0. The van der Waals surface area contributed by atoms with E-state index in [4.69, 9.17) is 4.74 Å². The molecule has 1 fully saturated rings. The summed E-state index contributed by atoms with van der Waals surface area (Å²) in [7, 11) is -0.729. The Hall–Kier alpha value is 0.0300. The monoisotopic (exact) mass is 291 g/mol. The van der Waals surface area contributed by atoms with Gasteiger partial charge in [-0.05, 0) is 18.8 Å². The van der Waals surface area contributed by atoms with E-state index in [9.17, 15) is 9.32 Å². The Balaban J connectivity index is 2.01. The van der Waals surface area contributed by atoms with Crippen LogP contribution in [0.1, 0.15) is 39.5 Å². The summed E-state index contributed by atoms with van der Waals surface area (Å²) in [6, 6.07) is 0. The van der Waals surface area contributed by atoms with Crippen molar-refractivity contribution >= 4 is 10.8 Å². The highest BCUT2D eigenvalue weighted by molar-refractivity contribution is 7.84. The van der Waals surface area contributed by atoms with Crippen LogP contribution in [0.15, 0.2) is 0 Å². The van der Waals surface area contributed by atoms with Crippen molar-refractivity contribution in [2.75, 3.05) is 31.2 Å². The molecule has 0 aliphatic heterocycles. The van der Waals surface area contributed by atoms with Gasteiger partial charge in [0.25, 0.3) is 0 Å². The van der Waals surface area contributed by atoms with Gasteiger partial charge in [-0.2, -0.15) is 0 Å². The summed E-state index contributed by atoms with van der Waals surface area (Å²) in [6.45, 7) is 5.80. The Bertz CT molecular complexity index is 263. The maximum Gasteiger partial charge on any atom is 0.0897 e. The van der Waals surface area contributed by atoms with Gasteiger partial charge in [-0.1, -0.05) is 26.7 Å². The van der Waals surface area contributed by atoms with E-state index in [1.807, 2.05) is 6.92 Å². The Labute approximate surface area is 119 Å². The highest BCUT2D eigenvalue weighted by Crippen LogP contribution is 2.25. The molecule has 0 aromatic heterocycles. The van der Waals surface area contributed by atoms with Crippen molar-refractivity contribution in [2.45, 2.75) is 51.7 Å². The second-order valence-electron chi connectivity index (χ2n) is 5.52. The van der Waals surface area contributed by atoms with Crippen LogP contribution in [0.2, 0.25) is 0 Å². The number of aliphatic hydroxyl groups excluding tert-OH is 1.